The van der Waals surface area contributed by atoms with E-state index in [2.05, 4.69) is 4.99 Å². The lowest BCUT2D eigenvalue weighted by Crippen LogP contribution is -2.45. The molecule has 0 saturated carbocycles. The molecule has 0 amide bonds. The van der Waals surface area contributed by atoms with Crippen LogP contribution in [0.4, 0.5) is 0 Å². The molecule has 1 aliphatic rings. The summed E-state index contributed by atoms with van der Waals surface area (Å²) in [7, 11) is 0. The number of hydrogen-bond donors (Lipinski definition) is 1. The maximum absolute atomic E-state index is 11.9. The number of nitrogens with two attached hydrogens (primary N) is 1. The summed E-state index contributed by atoms with van der Waals surface area (Å²) in [6.07, 6.45) is 2.08. The van der Waals surface area contributed by atoms with Crippen LogP contribution in [0.3, 0.4) is 0 Å². The second-order valence-corrected chi connectivity index (χ2v) is 7.21. The Hall–Kier alpha value is -3.35. The molecule has 0 fully saturated rings. The van der Waals surface area contributed by atoms with Crippen molar-refractivity contribution in [3.63, 3.8) is 0 Å². The number of rotatable bonds is 6. The molecule has 2 aromatic carbocycles. The Morgan fingerprint density at radius 1 is 1.34 bits per heavy atom. The highest BCUT2D eigenvalue weighted by Gasteiger charge is 2.38. The lowest BCUT2D eigenvalue weighted by molar-refractivity contribution is -0.419. The van der Waals surface area contributed by atoms with Gasteiger partial charge in [-0.05, 0) is 36.4 Å². The number of nitrogens with zero attached hydrogens (tertiary/aromatic N) is 4. The van der Waals surface area contributed by atoms with Gasteiger partial charge in [-0.15, -0.1) is 11.8 Å². The molecule has 3 rings (SSSR count). The first-order chi connectivity index (χ1) is 13.9. The van der Waals surface area contributed by atoms with Gasteiger partial charge in [-0.25, -0.2) is 15.8 Å². The summed E-state index contributed by atoms with van der Waals surface area (Å²) in [6, 6.07) is 16.3. The van der Waals surface area contributed by atoms with Crippen molar-refractivity contribution in [2.75, 3.05) is 6.26 Å². The molecule has 0 saturated heterocycles. The van der Waals surface area contributed by atoms with E-state index >= 15 is 0 Å². The van der Waals surface area contributed by atoms with E-state index in [1.807, 2.05) is 42.7 Å². The van der Waals surface area contributed by atoms with Gasteiger partial charge < -0.3 is 4.74 Å². The second kappa shape index (κ2) is 8.77. The Morgan fingerprint density at radius 3 is 2.69 bits per heavy atom. The lowest BCUT2D eigenvalue weighted by atomic mass is 10.1. The van der Waals surface area contributed by atoms with Gasteiger partial charge in [0.25, 0.3) is 5.88 Å². The smallest absolute Gasteiger partial charge is 0.351 e. The van der Waals surface area contributed by atoms with Crippen molar-refractivity contribution in [1.82, 2.24) is 5.01 Å². The molecule has 0 radical (unpaired) electrons. The first-order valence-electron chi connectivity index (χ1n) is 8.69. The highest BCUT2D eigenvalue weighted by molar-refractivity contribution is 7.99. The zero-order chi connectivity index (χ0) is 21.0. The minimum absolute atomic E-state index is 0.103. The van der Waals surface area contributed by atoms with E-state index in [1.54, 1.807) is 19.1 Å². The third kappa shape index (κ3) is 4.39. The number of aryl methyl sites for hydroxylation is 1. The summed E-state index contributed by atoms with van der Waals surface area (Å²) in [5.41, 5.74) is 1.41. The number of allylic oxidation sites excluding steroid dienone is 1. The van der Waals surface area contributed by atoms with Crippen LogP contribution in [0.2, 0.25) is 0 Å². The monoisotopic (exact) mass is 409 g/mol. The average molecular weight is 409 g/mol. The molecule has 29 heavy (non-hydrogen) atoms. The molecule has 0 aromatic heterocycles. The molecule has 2 aromatic rings. The quantitative estimate of drug-likeness (QED) is 0.442. The summed E-state index contributed by atoms with van der Waals surface area (Å²) < 4.78 is 5.91. The summed E-state index contributed by atoms with van der Waals surface area (Å²) in [6.45, 7) is 1.79. The van der Waals surface area contributed by atoms with Crippen LogP contribution in [-0.4, -0.2) is 27.4 Å². The Kier molecular flexibility index (Phi) is 6.16. The van der Waals surface area contributed by atoms with E-state index in [0.29, 0.717) is 11.3 Å². The second-order valence-electron chi connectivity index (χ2n) is 6.31. The molecular formula is C20H19N5O3S. The number of benzene rings is 2. The number of thioether (sulfide) groups is 1. The molecule has 9 heteroatoms. The molecule has 0 aliphatic carbocycles. The van der Waals surface area contributed by atoms with Crippen molar-refractivity contribution in [3.8, 4) is 11.8 Å². The van der Waals surface area contributed by atoms with Gasteiger partial charge in [-0.2, -0.15) is 5.26 Å². The average Bonchev–Trinajstić information content (AvgIpc) is 2.72. The summed E-state index contributed by atoms with van der Waals surface area (Å²) in [5, 5.41) is 22.3. The molecule has 2 N–H and O–H groups in total. The molecule has 1 heterocycles. The van der Waals surface area contributed by atoms with Crippen LogP contribution in [0.5, 0.6) is 5.75 Å². The van der Waals surface area contributed by atoms with Crippen LogP contribution < -0.4 is 10.6 Å². The number of ether oxygens (including phenoxy) is 1. The number of nitriles is 1. The topological polar surface area (TPSA) is 118 Å². The molecule has 0 spiro atoms. The lowest BCUT2D eigenvalue weighted by Gasteiger charge is -2.30. The van der Waals surface area contributed by atoms with E-state index in [9.17, 15) is 10.1 Å². The van der Waals surface area contributed by atoms with Crippen molar-refractivity contribution < 1.29 is 9.66 Å². The SMILES string of the molecule is CSC1N=C(Cc2ccccc2)C([N+](=O)[O-])=C(Oc2cc(C#N)ccc2C)N1N. The van der Waals surface area contributed by atoms with Crippen molar-refractivity contribution >= 4 is 17.5 Å². The predicted octanol–water partition coefficient (Wildman–Crippen LogP) is 3.21. The van der Waals surface area contributed by atoms with Crippen molar-refractivity contribution in [2.24, 2.45) is 10.8 Å². The molecule has 1 atom stereocenters. The van der Waals surface area contributed by atoms with Gasteiger partial charge in [0.2, 0.25) is 0 Å². The first kappa shape index (κ1) is 20.4. The highest BCUT2D eigenvalue weighted by Crippen LogP contribution is 2.30. The van der Waals surface area contributed by atoms with Crippen LogP contribution in [0, 0.1) is 28.4 Å². The third-order valence-electron chi connectivity index (χ3n) is 4.35. The number of hydrogen-bond acceptors (Lipinski definition) is 8. The first-order valence-corrected chi connectivity index (χ1v) is 9.98. The summed E-state index contributed by atoms with van der Waals surface area (Å²) in [5.74, 6) is 6.36. The molecular weight excluding hydrogens is 390 g/mol. The van der Waals surface area contributed by atoms with Gasteiger partial charge >= 0.3 is 5.70 Å². The van der Waals surface area contributed by atoms with Gasteiger partial charge in [0, 0.05) is 6.42 Å². The van der Waals surface area contributed by atoms with Gasteiger partial charge in [-0.1, -0.05) is 36.4 Å². The number of aliphatic imine (C=N–C) groups is 1. The van der Waals surface area contributed by atoms with E-state index in [4.69, 9.17) is 15.8 Å². The molecule has 1 unspecified atom stereocenters. The summed E-state index contributed by atoms with van der Waals surface area (Å²) in [4.78, 5) is 15.9. The fourth-order valence-corrected chi connectivity index (χ4v) is 3.41. The molecule has 148 valence electrons. The normalized spacial score (nSPS) is 16.3. The largest absolute Gasteiger partial charge is 0.434 e. The van der Waals surface area contributed by atoms with Gasteiger partial charge in [0.15, 0.2) is 5.50 Å². The minimum atomic E-state index is -0.577. The van der Waals surface area contributed by atoms with Crippen LogP contribution in [0.25, 0.3) is 0 Å². The van der Waals surface area contributed by atoms with E-state index in [1.165, 1.54) is 17.8 Å². The van der Waals surface area contributed by atoms with Gasteiger partial charge in [0.05, 0.1) is 16.6 Å². The van der Waals surface area contributed by atoms with Crippen LogP contribution in [0.15, 0.2) is 65.1 Å². The van der Waals surface area contributed by atoms with Crippen molar-refractivity contribution in [2.45, 2.75) is 18.8 Å². The molecule has 1 aliphatic heterocycles. The Labute approximate surface area is 172 Å². The number of hydrazine groups is 1. The van der Waals surface area contributed by atoms with Crippen molar-refractivity contribution in [1.29, 1.82) is 5.26 Å². The molecule has 8 nitrogen and oxygen atoms in total. The molecule has 0 bridgehead atoms. The van der Waals surface area contributed by atoms with Crippen LogP contribution in [-0.2, 0) is 6.42 Å². The maximum atomic E-state index is 11.9. The highest BCUT2D eigenvalue weighted by atomic mass is 32.2. The summed E-state index contributed by atoms with van der Waals surface area (Å²) >= 11 is 1.33. The Balaban J connectivity index is 2.09. The van der Waals surface area contributed by atoms with Gasteiger partial charge in [-0.3, -0.25) is 10.1 Å². The van der Waals surface area contributed by atoms with Gasteiger partial charge in [0.1, 0.15) is 11.5 Å². The van der Waals surface area contributed by atoms with Crippen LogP contribution >= 0.6 is 11.8 Å². The van der Waals surface area contributed by atoms with E-state index in [-0.39, 0.29) is 23.7 Å². The Morgan fingerprint density at radius 2 is 2.07 bits per heavy atom. The number of nitro groups is 1. The van der Waals surface area contributed by atoms with E-state index in [0.717, 1.165) is 16.1 Å². The third-order valence-corrected chi connectivity index (χ3v) is 5.10. The predicted molar refractivity (Wildman–Crippen MR) is 111 cm³/mol. The zero-order valence-corrected chi connectivity index (χ0v) is 16.7. The van der Waals surface area contributed by atoms with E-state index < -0.39 is 10.4 Å². The van der Waals surface area contributed by atoms with Crippen LogP contribution in [0.1, 0.15) is 16.7 Å². The minimum Gasteiger partial charge on any atom is -0.434 e. The zero-order valence-electron chi connectivity index (χ0n) is 15.9. The standard InChI is InChI=1S/C20H19N5O3S/c1-13-8-9-15(12-21)11-17(13)28-19-18(25(26)27)16(23-20(29-2)24(19)22)10-14-6-4-3-5-7-14/h3-9,11,20H,10,22H2,1-2H3. The maximum Gasteiger partial charge on any atom is 0.351 e. The Bertz CT molecular complexity index is 1030. The van der Waals surface area contributed by atoms with Crippen molar-refractivity contribution in [3.05, 3.63) is 86.9 Å². The fraction of sp³-hybridized carbons (Fsp3) is 0.200. The fourth-order valence-electron chi connectivity index (χ4n) is 2.86.